The van der Waals surface area contributed by atoms with Crippen LogP contribution in [0.15, 0.2) is 230 Å². The van der Waals surface area contributed by atoms with Crippen LogP contribution in [0, 0.1) is 11.8 Å². The lowest BCUT2D eigenvalue weighted by atomic mass is 9.78. The number of benzene rings is 8. The van der Waals surface area contributed by atoms with Gasteiger partial charge in [0.2, 0.25) is 0 Å². The van der Waals surface area contributed by atoms with Crippen LogP contribution in [-0.2, 0) is 0 Å². The van der Waals surface area contributed by atoms with Crippen molar-refractivity contribution >= 4 is 49.2 Å². The molecule has 0 spiro atoms. The zero-order chi connectivity index (χ0) is 44.0. The largest absolute Gasteiger partial charge is 0.309 e. The third-order valence-corrected chi connectivity index (χ3v) is 14.3. The fourth-order valence-corrected chi connectivity index (χ4v) is 10.9. The van der Waals surface area contributed by atoms with E-state index in [0.717, 1.165) is 12.1 Å². The summed E-state index contributed by atoms with van der Waals surface area (Å²) in [7, 11) is 0. The predicted molar refractivity (Wildman–Crippen MR) is 282 cm³/mol. The van der Waals surface area contributed by atoms with Crippen LogP contribution in [0.4, 0.5) is 0 Å². The molecule has 0 saturated carbocycles. The molecule has 2 heteroatoms. The summed E-state index contributed by atoms with van der Waals surface area (Å²) in [6.45, 7) is 2.30. The molecule has 0 fully saturated rings. The van der Waals surface area contributed by atoms with Crippen molar-refractivity contribution in [1.82, 2.24) is 9.13 Å². The van der Waals surface area contributed by atoms with Crippen LogP contribution >= 0.6 is 0 Å². The highest BCUT2D eigenvalue weighted by Gasteiger charge is 2.23. The highest BCUT2D eigenvalue weighted by atomic mass is 15.0. The molecule has 66 heavy (non-hydrogen) atoms. The van der Waals surface area contributed by atoms with Crippen LogP contribution in [0.2, 0.25) is 0 Å². The van der Waals surface area contributed by atoms with E-state index in [-0.39, 0.29) is 0 Å². The summed E-state index contributed by atoms with van der Waals surface area (Å²) in [6, 6.07) is 69.5. The molecule has 0 saturated heterocycles. The molecule has 0 N–H and O–H groups in total. The summed E-state index contributed by atoms with van der Waals surface area (Å²) >= 11 is 0. The van der Waals surface area contributed by atoms with E-state index >= 15 is 0 Å². The maximum atomic E-state index is 2.58. The van der Waals surface area contributed by atoms with E-state index in [1.54, 1.807) is 0 Å². The average Bonchev–Trinajstić information content (AvgIpc) is 3.91. The second-order valence-electron chi connectivity index (χ2n) is 18.3. The highest BCUT2D eigenvalue weighted by molar-refractivity contribution is 6.12. The van der Waals surface area contributed by atoms with Gasteiger partial charge < -0.3 is 9.13 Å². The van der Waals surface area contributed by atoms with Crippen molar-refractivity contribution in [2.75, 3.05) is 0 Å². The third kappa shape index (κ3) is 7.14. The van der Waals surface area contributed by atoms with Gasteiger partial charge in [-0.1, -0.05) is 184 Å². The molecular formula is C64H52N2. The number of rotatable bonds is 10. The minimum absolute atomic E-state index is 0.394. The van der Waals surface area contributed by atoms with Crippen molar-refractivity contribution < 1.29 is 0 Å². The standard InChI is InChI=1S/C64H52N2/c1-2-3-14-44-15-13-18-52(41-44)56-20-8-7-19-55(56)49-31-37-54(38-32-49)66-62-24-12-10-22-58(62)60-43-51(34-40-64(60)66)50-33-39-63-59(42-50)57-21-9-11-23-61(57)65(63)53-35-29-48(30-36-53)47-27-25-46(26-28-47)45-16-5-4-6-17-45/h4-13,16-19,21-44,56H,2-3,14-15,20H2,1H3. The first-order valence-electron chi connectivity index (χ1n) is 23.9. The first-order chi connectivity index (χ1) is 32.7. The van der Waals surface area contributed by atoms with Crippen molar-refractivity contribution in [3.05, 3.63) is 236 Å². The van der Waals surface area contributed by atoms with E-state index in [1.165, 1.54) is 125 Å². The SMILES string of the molecule is CCCCC1C=C(C2CC=CC=C2c2ccc(-n3c4ccccc4c4cc(-c5ccc6c(c5)c5ccccc5n6-c5ccc(-c6ccc(-c7ccccc7)cc6)cc5)ccc43)cc2)C=CC1. The fraction of sp³-hybridized carbons (Fsp3) is 0.125. The molecular weight excluding hydrogens is 797 g/mol. The number of hydrogen-bond donors (Lipinski definition) is 0. The van der Waals surface area contributed by atoms with Gasteiger partial charge >= 0.3 is 0 Å². The molecule has 8 aromatic carbocycles. The normalized spacial score (nSPS) is 16.1. The highest BCUT2D eigenvalue weighted by Crippen LogP contribution is 2.41. The van der Waals surface area contributed by atoms with Gasteiger partial charge in [0.1, 0.15) is 0 Å². The van der Waals surface area contributed by atoms with Crippen LogP contribution < -0.4 is 0 Å². The summed E-state index contributed by atoms with van der Waals surface area (Å²) in [5, 5.41) is 5.04. The molecule has 2 aromatic heterocycles. The Hall–Kier alpha value is -7.68. The van der Waals surface area contributed by atoms with Crippen molar-refractivity contribution in [2.45, 2.75) is 39.0 Å². The molecule has 0 bridgehead atoms. The van der Waals surface area contributed by atoms with Gasteiger partial charge in [-0.25, -0.2) is 0 Å². The van der Waals surface area contributed by atoms with E-state index in [0.29, 0.717) is 11.8 Å². The number of allylic oxidation sites excluding steroid dienone is 8. The molecule has 2 aliphatic carbocycles. The van der Waals surface area contributed by atoms with Gasteiger partial charge in [0.15, 0.2) is 0 Å². The zero-order valence-electron chi connectivity index (χ0n) is 37.4. The van der Waals surface area contributed by atoms with Crippen LogP contribution in [0.1, 0.15) is 44.6 Å². The summed E-state index contributed by atoms with van der Waals surface area (Å²) in [5.74, 6) is 1.05. The summed E-state index contributed by atoms with van der Waals surface area (Å²) < 4.78 is 4.85. The van der Waals surface area contributed by atoms with Gasteiger partial charge in [-0.15, -0.1) is 0 Å². The molecule has 2 heterocycles. The summed E-state index contributed by atoms with van der Waals surface area (Å²) in [5.41, 5.74) is 18.7. The van der Waals surface area contributed by atoms with Crippen LogP contribution in [0.3, 0.4) is 0 Å². The Morgan fingerprint density at radius 3 is 1.50 bits per heavy atom. The number of aromatic nitrogens is 2. The van der Waals surface area contributed by atoms with Gasteiger partial charge in [0, 0.05) is 38.8 Å². The Labute approximate surface area is 387 Å². The lowest BCUT2D eigenvalue weighted by molar-refractivity contribution is 0.549. The minimum Gasteiger partial charge on any atom is -0.309 e. The van der Waals surface area contributed by atoms with Gasteiger partial charge in [0.05, 0.1) is 22.1 Å². The molecule has 2 atom stereocenters. The zero-order valence-corrected chi connectivity index (χ0v) is 37.4. The minimum atomic E-state index is 0.394. The van der Waals surface area contributed by atoms with Crippen LogP contribution in [-0.4, -0.2) is 9.13 Å². The number of unbranched alkanes of at least 4 members (excludes halogenated alkanes) is 1. The molecule has 2 nitrogen and oxygen atoms in total. The Morgan fingerprint density at radius 2 is 0.924 bits per heavy atom. The van der Waals surface area contributed by atoms with Crippen molar-refractivity contribution in [1.29, 1.82) is 0 Å². The second-order valence-corrected chi connectivity index (χ2v) is 18.3. The lowest BCUT2D eigenvalue weighted by Crippen LogP contribution is -2.12. The number of para-hydroxylation sites is 2. The second kappa shape index (κ2) is 17.0. The Morgan fingerprint density at radius 1 is 0.439 bits per heavy atom. The predicted octanol–water partition coefficient (Wildman–Crippen LogP) is 17.5. The van der Waals surface area contributed by atoms with Crippen molar-refractivity contribution in [3.63, 3.8) is 0 Å². The summed E-state index contributed by atoms with van der Waals surface area (Å²) in [4.78, 5) is 0. The number of fused-ring (bicyclic) bond motifs is 6. The van der Waals surface area contributed by atoms with Gasteiger partial charge in [-0.2, -0.15) is 0 Å². The van der Waals surface area contributed by atoms with Crippen LogP contribution in [0.5, 0.6) is 0 Å². The Bertz CT molecular complexity index is 3530. The third-order valence-electron chi connectivity index (χ3n) is 14.3. The van der Waals surface area contributed by atoms with E-state index in [1.807, 2.05) is 0 Å². The Kier molecular flexibility index (Phi) is 10.3. The smallest absolute Gasteiger partial charge is 0.0541 e. The first kappa shape index (κ1) is 39.9. The van der Waals surface area contributed by atoms with Gasteiger partial charge in [-0.3, -0.25) is 0 Å². The van der Waals surface area contributed by atoms with Gasteiger partial charge in [-0.05, 0) is 136 Å². The number of nitrogens with zero attached hydrogens (tertiary/aromatic N) is 2. The van der Waals surface area contributed by atoms with E-state index in [2.05, 4.69) is 241 Å². The molecule has 10 aromatic rings. The lowest BCUT2D eigenvalue weighted by Gasteiger charge is -2.27. The van der Waals surface area contributed by atoms with E-state index < -0.39 is 0 Å². The first-order valence-corrected chi connectivity index (χ1v) is 23.9. The molecule has 0 amide bonds. The molecule has 2 unspecified atom stereocenters. The summed E-state index contributed by atoms with van der Waals surface area (Å²) in [6.07, 6.45) is 20.4. The maximum absolute atomic E-state index is 2.58. The monoisotopic (exact) mass is 848 g/mol. The molecule has 318 valence electrons. The van der Waals surface area contributed by atoms with Gasteiger partial charge in [0.25, 0.3) is 0 Å². The molecule has 12 rings (SSSR count). The average molecular weight is 849 g/mol. The van der Waals surface area contributed by atoms with Crippen molar-refractivity contribution in [3.8, 4) is 44.8 Å². The Balaban J connectivity index is 0.865. The molecule has 0 radical (unpaired) electrons. The van der Waals surface area contributed by atoms with E-state index in [9.17, 15) is 0 Å². The van der Waals surface area contributed by atoms with E-state index in [4.69, 9.17) is 0 Å². The van der Waals surface area contributed by atoms with Crippen LogP contribution in [0.25, 0.3) is 93.9 Å². The maximum Gasteiger partial charge on any atom is 0.0541 e. The quantitative estimate of drug-likeness (QED) is 0.130. The molecule has 2 aliphatic rings. The molecule has 0 aliphatic heterocycles. The number of hydrogen-bond acceptors (Lipinski definition) is 0. The topological polar surface area (TPSA) is 9.86 Å². The van der Waals surface area contributed by atoms with Crippen molar-refractivity contribution in [2.24, 2.45) is 11.8 Å². The fourth-order valence-electron chi connectivity index (χ4n) is 10.9.